The Morgan fingerprint density at radius 2 is 1.87 bits per heavy atom. The number of benzene rings is 1. The summed E-state index contributed by atoms with van der Waals surface area (Å²) in [6, 6.07) is 11.1. The lowest BCUT2D eigenvalue weighted by Gasteiger charge is -2.53. The molecular weight excluding hydrogens is 920 g/mol. The van der Waals surface area contributed by atoms with Gasteiger partial charge in [-0.05, 0) is 106 Å². The van der Waals surface area contributed by atoms with E-state index in [0.29, 0.717) is 62.8 Å². The molecule has 3 aliphatic carbocycles. The molecule has 0 unspecified atom stereocenters. The maximum atomic E-state index is 15.4. The highest BCUT2D eigenvalue weighted by atomic mass is 32.1. The number of pyridine rings is 1. The van der Waals surface area contributed by atoms with Crippen molar-refractivity contribution >= 4 is 40.0 Å². The number of alkyl halides is 1. The Kier molecular flexibility index (Phi) is 11.9. The molecule has 5 aromatic rings. The summed E-state index contributed by atoms with van der Waals surface area (Å²) < 4.78 is 29.7. The Balaban J connectivity index is 0.998. The predicted molar refractivity (Wildman–Crippen MR) is 266 cm³/mol. The zero-order chi connectivity index (χ0) is 48.9. The van der Waals surface area contributed by atoms with Gasteiger partial charge in [0.05, 0.1) is 41.9 Å². The molecule has 12 rings (SSSR count). The fourth-order valence-electron chi connectivity index (χ4n) is 12.9. The number of methoxy groups -OCH3 is 1. The van der Waals surface area contributed by atoms with E-state index < -0.39 is 41.6 Å². The number of fused-ring (bicyclic) bond motifs is 6. The topological polar surface area (TPSA) is 160 Å². The number of hydrogen-bond acceptors (Lipinski definition) is 13. The zero-order valence-corrected chi connectivity index (χ0v) is 42.2. The first-order chi connectivity index (χ1) is 34.3. The average Bonchev–Trinajstić information content (AvgIpc) is 4.16. The maximum Gasteiger partial charge on any atom is 0.324 e. The van der Waals surface area contributed by atoms with Gasteiger partial charge in [-0.25, -0.2) is 24.8 Å². The second-order valence-corrected chi connectivity index (χ2v) is 23.5. The molecule has 6 bridgehead atoms. The molecule has 17 heteroatoms. The van der Waals surface area contributed by atoms with Crippen LogP contribution in [0.5, 0.6) is 0 Å². The van der Waals surface area contributed by atoms with Crippen LogP contribution < -0.4 is 10.7 Å². The molecule has 71 heavy (non-hydrogen) atoms. The number of nitrogens with zero attached hydrogens (tertiary/aromatic N) is 8. The number of ether oxygens (including phenoxy) is 2. The van der Waals surface area contributed by atoms with Gasteiger partial charge in [0, 0.05) is 109 Å². The monoisotopic (exact) mass is 984 g/mol. The first-order valence-electron chi connectivity index (χ1n) is 25.8. The summed E-state index contributed by atoms with van der Waals surface area (Å²) in [6.07, 6.45) is 9.82. The average molecular weight is 985 g/mol. The van der Waals surface area contributed by atoms with E-state index in [4.69, 9.17) is 19.4 Å². The number of cyclic esters (lactones) is 1. The molecule has 8 heterocycles. The van der Waals surface area contributed by atoms with Gasteiger partial charge < -0.3 is 19.4 Å². The zero-order valence-electron chi connectivity index (χ0n) is 41.4. The third-order valence-corrected chi connectivity index (χ3v) is 17.9. The molecular formula is C54H65FN10O5S. The van der Waals surface area contributed by atoms with E-state index >= 15 is 4.79 Å². The Morgan fingerprint density at radius 1 is 1.04 bits per heavy atom. The molecule has 1 aromatic carbocycles. The number of nitrogens with one attached hydrogen (secondary N) is 2. The van der Waals surface area contributed by atoms with Gasteiger partial charge in [0.25, 0.3) is 5.91 Å². The molecule has 4 aromatic heterocycles. The minimum absolute atomic E-state index is 0.00219. The molecule has 8 atom stereocenters. The van der Waals surface area contributed by atoms with Gasteiger partial charge in [-0.1, -0.05) is 26.8 Å². The Hall–Kier alpha value is -5.20. The van der Waals surface area contributed by atoms with Crippen LogP contribution >= 0.6 is 11.3 Å². The van der Waals surface area contributed by atoms with Crippen molar-refractivity contribution in [3.63, 3.8) is 0 Å². The molecule has 374 valence electrons. The Labute approximate surface area is 418 Å². The number of rotatable bonds is 9. The second kappa shape index (κ2) is 18.1. The van der Waals surface area contributed by atoms with E-state index in [1.807, 2.05) is 32.2 Å². The second-order valence-electron chi connectivity index (χ2n) is 22.6. The van der Waals surface area contributed by atoms with E-state index in [-0.39, 0.29) is 47.8 Å². The van der Waals surface area contributed by atoms with E-state index in [1.54, 1.807) is 13.3 Å². The van der Waals surface area contributed by atoms with Crippen molar-refractivity contribution in [2.24, 2.45) is 22.7 Å². The standard InChI is InChI=1S/C54H65FN10O5S/c1-30-43(39-15-18-56-29-58-39)44(30)49(66)60-46-48(63-26-54(27-63)16-14-33(55)21-54)50-59-41(25-71-50)32-10-13-42-37(20-32)38(22-53(3,4)28-70-52(68)40-9-7-19-64(61-40)51(46)67)47(36-8-6-17-57-45(36)31(2)69-5)65(42)35-23-62(24-35)34-11-12-34/h6,8,10,13,15,17-18,20,25,29-31,33-35,40,43-44,46,48,61H,7,9,11-12,14,16,19,21-24,26-28H2,1-5H3,(H,60,66)/t30-,31-,33-,40-,43-,44+,46-,48-/m0/s1. The summed E-state index contributed by atoms with van der Waals surface area (Å²) >= 11 is 1.48. The number of hydrazine groups is 1. The van der Waals surface area contributed by atoms with Gasteiger partial charge in [-0.15, -0.1) is 11.3 Å². The molecule has 2 N–H and O–H groups in total. The molecule has 1 spiro atoms. The van der Waals surface area contributed by atoms with Gasteiger partial charge in [0.15, 0.2) is 0 Å². The number of carbonyl (C=O) groups is 3. The van der Waals surface area contributed by atoms with Crippen LogP contribution in [0.3, 0.4) is 0 Å². The smallest absolute Gasteiger partial charge is 0.324 e. The summed E-state index contributed by atoms with van der Waals surface area (Å²) in [5.41, 5.74) is 10.3. The highest BCUT2D eigenvalue weighted by molar-refractivity contribution is 7.10. The van der Waals surface area contributed by atoms with Gasteiger partial charge in [-0.2, -0.15) is 0 Å². The normalized spacial score (nSPS) is 29.3. The van der Waals surface area contributed by atoms with Gasteiger partial charge in [0.1, 0.15) is 29.6 Å². The van der Waals surface area contributed by atoms with Gasteiger partial charge in [-0.3, -0.25) is 34.2 Å². The molecule has 4 aliphatic heterocycles. The molecule has 6 fully saturated rings. The molecule has 2 amide bonds. The summed E-state index contributed by atoms with van der Waals surface area (Å²) in [5.74, 6) is -1.54. The SMILES string of the molecule is CO[C@@H](C)c1ncccc1-c1c2c3cc(ccc3n1C1CN(C3CC3)C1)-c1csc(n1)[C@@H](N1CC3(CC[C@H](F)C3)C1)[C@H](NC(=O)[C@@H]1[C@@H](C)[C@H]1c1ccncn1)C(=O)N1CCC[C@H](N1)C(=O)OCC(C)(C)C2. The largest absolute Gasteiger partial charge is 0.464 e. The third-order valence-electron chi connectivity index (χ3n) is 16.9. The van der Waals surface area contributed by atoms with Crippen LogP contribution in [-0.2, 0) is 30.3 Å². The lowest BCUT2D eigenvalue weighted by molar-refractivity contribution is -0.156. The van der Waals surface area contributed by atoms with Crippen molar-refractivity contribution in [3.8, 4) is 22.5 Å². The fourth-order valence-corrected chi connectivity index (χ4v) is 13.9. The quantitative estimate of drug-likeness (QED) is 0.142. The van der Waals surface area contributed by atoms with Crippen LogP contribution in [0.1, 0.15) is 119 Å². The number of esters is 1. The minimum Gasteiger partial charge on any atom is -0.464 e. The lowest BCUT2D eigenvalue weighted by Crippen LogP contribution is -2.65. The summed E-state index contributed by atoms with van der Waals surface area (Å²) in [4.78, 5) is 68.1. The van der Waals surface area contributed by atoms with Gasteiger partial charge >= 0.3 is 5.97 Å². The summed E-state index contributed by atoms with van der Waals surface area (Å²) in [7, 11) is 1.72. The minimum atomic E-state index is -1.08. The summed E-state index contributed by atoms with van der Waals surface area (Å²) in [5, 5.41) is 8.67. The van der Waals surface area contributed by atoms with E-state index in [0.717, 1.165) is 69.9 Å². The number of thiazole rings is 1. The number of aromatic nitrogens is 5. The Bertz CT molecular complexity index is 2860. The first kappa shape index (κ1) is 46.8. The van der Waals surface area contributed by atoms with E-state index in [9.17, 15) is 14.0 Å². The highest BCUT2D eigenvalue weighted by Gasteiger charge is 2.57. The van der Waals surface area contributed by atoms with Crippen LogP contribution in [-0.4, -0.2) is 128 Å². The highest BCUT2D eigenvalue weighted by Crippen LogP contribution is 2.54. The van der Waals surface area contributed by atoms with Crippen molar-refractivity contribution in [1.29, 1.82) is 0 Å². The van der Waals surface area contributed by atoms with Crippen LogP contribution in [0, 0.1) is 22.7 Å². The lowest BCUT2D eigenvalue weighted by atomic mass is 9.76. The van der Waals surface area contributed by atoms with Crippen molar-refractivity contribution in [1.82, 2.24) is 50.1 Å². The Morgan fingerprint density at radius 3 is 2.62 bits per heavy atom. The maximum absolute atomic E-state index is 15.4. The van der Waals surface area contributed by atoms with Crippen LogP contribution in [0.4, 0.5) is 4.39 Å². The van der Waals surface area contributed by atoms with E-state index in [2.05, 4.69) is 78.6 Å². The van der Waals surface area contributed by atoms with Crippen LogP contribution in [0.25, 0.3) is 33.4 Å². The number of amides is 2. The van der Waals surface area contributed by atoms with Crippen LogP contribution in [0.2, 0.25) is 0 Å². The fraction of sp³-hybridized carbons (Fsp3) is 0.574. The molecule has 7 aliphatic rings. The molecule has 3 saturated heterocycles. The molecule has 0 radical (unpaired) electrons. The summed E-state index contributed by atoms with van der Waals surface area (Å²) in [6.45, 7) is 11.9. The van der Waals surface area contributed by atoms with Crippen molar-refractivity contribution in [2.45, 2.75) is 127 Å². The van der Waals surface area contributed by atoms with Gasteiger partial charge in [0.2, 0.25) is 5.91 Å². The molecule has 3 saturated carbocycles. The number of carbonyl (C=O) groups excluding carboxylic acids is 3. The first-order valence-corrected chi connectivity index (χ1v) is 26.7. The number of halogens is 1. The number of likely N-dealkylation sites (tertiary alicyclic amines) is 2. The predicted octanol–water partition coefficient (Wildman–Crippen LogP) is 7.36. The van der Waals surface area contributed by atoms with Crippen molar-refractivity contribution in [2.75, 3.05) is 46.4 Å². The van der Waals surface area contributed by atoms with Crippen LogP contribution in [0.15, 0.2) is 60.5 Å². The third kappa shape index (κ3) is 8.56. The van der Waals surface area contributed by atoms with Crippen molar-refractivity contribution < 1.29 is 28.2 Å². The van der Waals surface area contributed by atoms with Crippen molar-refractivity contribution in [3.05, 3.63) is 82.5 Å². The van der Waals surface area contributed by atoms with E-state index in [1.165, 1.54) is 35.5 Å². The number of hydrogen-bond donors (Lipinski definition) is 2. The molecule has 15 nitrogen and oxygen atoms in total.